The topological polar surface area (TPSA) is 58.7 Å². The van der Waals surface area contributed by atoms with E-state index < -0.39 is 0 Å². The van der Waals surface area contributed by atoms with E-state index in [-0.39, 0.29) is 5.56 Å². The summed E-state index contributed by atoms with van der Waals surface area (Å²) in [5.41, 5.74) is 0.981. The number of rotatable bonds is 0. The van der Waals surface area contributed by atoms with Crippen molar-refractivity contribution in [2.75, 3.05) is 0 Å². The Morgan fingerprint density at radius 3 is 2.93 bits per heavy atom. The van der Waals surface area contributed by atoms with Gasteiger partial charge >= 0.3 is 0 Å². The predicted molar refractivity (Wildman–Crippen MR) is 51.7 cm³/mol. The van der Waals surface area contributed by atoms with Crippen molar-refractivity contribution in [2.45, 2.75) is 0 Å². The van der Waals surface area contributed by atoms with Crippen molar-refractivity contribution in [3.63, 3.8) is 0 Å². The van der Waals surface area contributed by atoms with Crippen LogP contribution in [0.4, 0.5) is 0 Å². The number of fused-ring (bicyclic) bond motifs is 1. The van der Waals surface area contributed by atoms with Gasteiger partial charge in [-0.05, 0) is 12.1 Å². The lowest BCUT2D eigenvalue weighted by molar-refractivity contribution is 0.904. The fraction of sp³-hybridized carbons (Fsp3) is 0.100. The minimum Gasteiger partial charge on any atom is -0.311 e. The molecule has 0 atom stereocenters. The summed E-state index contributed by atoms with van der Waals surface area (Å²) in [6.07, 6.45) is 1.53. The van der Waals surface area contributed by atoms with Crippen molar-refractivity contribution in [3.05, 3.63) is 40.4 Å². The van der Waals surface area contributed by atoms with Gasteiger partial charge in [0.15, 0.2) is 0 Å². The molecule has 2 heterocycles. The lowest BCUT2D eigenvalue weighted by Crippen LogP contribution is -2.15. The number of hydrogen-bond acceptors (Lipinski definition) is 3. The SMILES string of the molecule is Cn1c(=O)ccc2c(C#N)nccc21. The first kappa shape index (κ1) is 8.45. The van der Waals surface area contributed by atoms with Crippen LogP contribution in [0.2, 0.25) is 0 Å². The Hall–Kier alpha value is -2.15. The molecule has 0 aliphatic carbocycles. The van der Waals surface area contributed by atoms with Crippen molar-refractivity contribution in [1.29, 1.82) is 5.26 Å². The molecular weight excluding hydrogens is 178 g/mol. The van der Waals surface area contributed by atoms with Crippen molar-refractivity contribution in [2.24, 2.45) is 7.05 Å². The van der Waals surface area contributed by atoms with Crippen molar-refractivity contribution >= 4 is 10.9 Å². The van der Waals surface area contributed by atoms with Gasteiger partial charge in [0.2, 0.25) is 0 Å². The number of aryl methyl sites for hydroxylation is 1. The highest BCUT2D eigenvalue weighted by Gasteiger charge is 2.03. The lowest BCUT2D eigenvalue weighted by atomic mass is 10.2. The largest absolute Gasteiger partial charge is 0.311 e. The van der Waals surface area contributed by atoms with Crippen LogP contribution in [0.3, 0.4) is 0 Å². The van der Waals surface area contributed by atoms with E-state index in [4.69, 9.17) is 5.26 Å². The van der Waals surface area contributed by atoms with Gasteiger partial charge in [-0.15, -0.1) is 0 Å². The summed E-state index contributed by atoms with van der Waals surface area (Å²) >= 11 is 0. The van der Waals surface area contributed by atoms with E-state index in [0.717, 1.165) is 5.52 Å². The van der Waals surface area contributed by atoms with Crippen LogP contribution in [0.15, 0.2) is 29.2 Å². The molecule has 0 aromatic carbocycles. The average Bonchev–Trinajstić information content (AvgIpc) is 2.23. The minimum atomic E-state index is -0.0902. The first-order valence-corrected chi connectivity index (χ1v) is 4.09. The van der Waals surface area contributed by atoms with E-state index in [1.165, 1.54) is 16.8 Å². The molecule has 2 aromatic rings. The van der Waals surface area contributed by atoms with Crippen LogP contribution in [0.25, 0.3) is 10.9 Å². The van der Waals surface area contributed by atoms with Crippen LogP contribution < -0.4 is 5.56 Å². The molecule has 0 aliphatic rings. The highest BCUT2D eigenvalue weighted by molar-refractivity contribution is 5.83. The Morgan fingerprint density at radius 2 is 2.21 bits per heavy atom. The second-order valence-electron chi connectivity index (χ2n) is 2.93. The molecule has 0 aliphatic heterocycles. The van der Waals surface area contributed by atoms with Crippen LogP contribution in [0, 0.1) is 11.3 Å². The molecule has 2 aromatic heterocycles. The normalized spacial score (nSPS) is 10.0. The average molecular weight is 185 g/mol. The summed E-state index contributed by atoms with van der Waals surface area (Å²) in [4.78, 5) is 15.2. The van der Waals surface area contributed by atoms with Gasteiger partial charge in [0.1, 0.15) is 11.8 Å². The minimum absolute atomic E-state index is 0.0902. The maximum Gasteiger partial charge on any atom is 0.250 e. The van der Waals surface area contributed by atoms with Crippen LogP contribution in [0.1, 0.15) is 5.69 Å². The Kier molecular flexibility index (Phi) is 1.79. The van der Waals surface area contributed by atoms with E-state index in [1.54, 1.807) is 19.2 Å². The number of pyridine rings is 2. The standard InChI is InChI=1S/C10H7N3O/c1-13-9-4-5-12-8(6-11)7(9)2-3-10(13)14/h2-5H,1H3. The highest BCUT2D eigenvalue weighted by atomic mass is 16.1. The molecule has 0 radical (unpaired) electrons. The summed E-state index contributed by atoms with van der Waals surface area (Å²) < 4.78 is 1.50. The quantitative estimate of drug-likeness (QED) is 0.610. The third-order valence-corrected chi connectivity index (χ3v) is 2.16. The molecular formula is C10H7N3O. The zero-order valence-corrected chi connectivity index (χ0v) is 7.56. The monoisotopic (exact) mass is 185 g/mol. The predicted octanol–water partition coefficient (Wildman–Crippen LogP) is 0.805. The van der Waals surface area contributed by atoms with Crippen LogP contribution in [-0.2, 0) is 7.05 Å². The molecule has 0 bridgehead atoms. The van der Waals surface area contributed by atoms with Gasteiger partial charge in [-0.3, -0.25) is 4.79 Å². The molecule has 4 heteroatoms. The number of nitrogens with zero attached hydrogens (tertiary/aromatic N) is 3. The molecule has 2 rings (SSSR count). The number of nitriles is 1. The summed E-state index contributed by atoms with van der Waals surface area (Å²) in [5, 5.41) is 9.50. The first-order valence-electron chi connectivity index (χ1n) is 4.09. The van der Waals surface area contributed by atoms with Crippen molar-refractivity contribution in [3.8, 4) is 6.07 Å². The van der Waals surface area contributed by atoms with Crippen molar-refractivity contribution in [1.82, 2.24) is 9.55 Å². The zero-order chi connectivity index (χ0) is 10.1. The van der Waals surface area contributed by atoms with Gasteiger partial charge in [0, 0.05) is 24.7 Å². The zero-order valence-electron chi connectivity index (χ0n) is 7.56. The molecule has 0 unspecified atom stereocenters. The van der Waals surface area contributed by atoms with E-state index in [0.29, 0.717) is 11.1 Å². The highest BCUT2D eigenvalue weighted by Crippen LogP contribution is 2.12. The lowest BCUT2D eigenvalue weighted by Gasteiger charge is -2.03. The van der Waals surface area contributed by atoms with Crippen LogP contribution in [0.5, 0.6) is 0 Å². The third kappa shape index (κ3) is 1.07. The Labute approximate surface area is 80.0 Å². The van der Waals surface area contributed by atoms with Crippen molar-refractivity contribution < 1.29 is 0 Å². The number of hydrogen-bond donors (Lipinski definition) is 0. The third-order valence-electron chi connectivity index (χ3n) is 2.16. The fourth-order valence-corrected chi connectivity index (χ4v) is 1.39. The molecule has 68 valence electrons. The van der Waals surface area contributed by atoms with Gasteiger partial charge in [0.25, 0.3) is 5.56 Å². The van der Waals surface area contributed by atoms with Crippen LogP contribution >= 0.6 is 0 Å². The number of aromatic nitrogens is 2. The van der Waals surface area contributed by atoms with Gasteiger partial charge in [-0.1, -0.05) is 0 Å². The van der Waals surface area contributed by atoms with E-state index in [2.05, 4.69) is 4.98 Å². The second-order valence-corrected chi connectivity index (χ2v) is 2.93. The summed E-state index contributed by atoms with van der Waals surface area (Å²) in [5.74, 6) is 0. The van der Waals surface area contributed by atoms with Gasteiger partial charge in [-0.2, -0.15) is 5.26 Å². The van der Waals surface area contributed by atoms with Crippen LogP contribution in [-0.4, -0.2) is 9.55 Å². The molecule has 0 amide bonds. The molecule has 0 spiro atoms. The maximum atomic E-state index is 11.3. The van der Waals surface area contributed by atoms with E-state index >= 15 is 0 Å². The van der Waals surface area contributed by atoms with E-state index in [9.17, 15) is 4.79 Å². The summed E-state index contributed by atoms with van der Waals surface area (Å²) in [7, 11) is 1.67. The Balaban J connectivity index is 3.02. The van der Waals surface area contributed by atoms with Gasteiger partial charge < -0.3 is 4.57 Å². The molecule has 14 heavy (non-hydrogen) atoms. The molecule has 4 nitrogen and oxygen atoms in total. The maximum absolute atomic E-state index is 11.3. The van der Waals surface area contributed by atoms with Gasteiger partial charge in [0.05, 0.1) is 5.52 Å². The van der Waals surface area contributed by atoms with E-state index in [1.807, 2.05) is 6.07 Å². The smallest absolute Gasteiger partial charge is 0.250 e. The molecule has 0 saturated carbocycles. The second kappa shape index (κ2) is 2.96. The Bertz CT molecular complexity index is 592. The summed E-state index contributed by atoms with van der Waals surface area (Å²) in [6.45, 7) is 0. The van der Waals surface area contributed by atoms with Gasteiger partial charge in [-0.25, -0.2) is 4.98 Å². The first-order chi connectivity index (χ1) is 6.74. The fourth-order valence-electron chi connectivity index (χ4n) is 1.39. The molecule has 0 N–H and O–H groups in total. The Morgan fingerprint density at radius 1 is 1.43 bits per heavy atom. The summed E-state index contributed by atoms with van der Waals surface area (Å²) in [6, 6.07) is 6.77. The molecule has 0 fully saturated rings. The molecule has 0 saturated heterocycles.